The number of nitrogens with one attached hydrogen (secondary N) is 2. The van der Waals surface area contributed by atoms with Crippen molar-refractivity contribution in [2.45, 2.75) is 6.92 Å². The Kier molecular flexibility index (Phi) is 3.80. The lowest BCUT2D eigenvalue weighted by molar-refractivity contribution is 0.101. The fourth-order valence-electron chi connectivity index (χ4n) is 1.94. The fraction of sp³-hybridized carbons (Fsp3) is 0.0667. The van der Waals surface area contributed by atoms with Crippen LogP contribution in [-0.2, 0) is 0 Å². The zero-order chi connectivity index (χ0) is 15.5. The quantitative estimate of drug-likeness (QED) is 0.562. The van der Waals surface area contributed by atoms with E-state index in [-0.39, 0.29) is 17.0 Å². The molecule has 0 saturated carbocycles. The van der Waals surface area contributed by atoms with E-state index in [1.54, 1.807) is 24.3 Å². The zero-order valence-corrected chi connectivity index (χ0v) is 12.5. The van der Waals surface area contributed by atoms with E-state index in [4.69, 9.17) is 0 Å². The second-order valence-corrected chi connectivity index (χ2v) is 5.53. The predicted molar refractivity (Wildman–Crippen MR) is 85.3 cm³/mol. The maximum Gasteiger partial charge on any atom is 0.292 e. The van der Waals surface area contributed by atoms with Gasteiger partial charge in [0, 0.05) is 5.56 Å². The van der Waals surface area contributed by atoms with Gasteiger partial charge in [-0.1, -0.05) is 18.2 Å². The Balaban J connectivity index is 1.97. The molecule has 0 aliphatic heterocycles. The Morgan fingerprint density at radius 2 is 2.00 bits per heavy atom. The highest BCUT2D eigenvalue weighted by molar-refractivity contribution is 7.13. The molecule has 0 saturated heterocycles. The summed E-state index contributed by atoms with van der Waals surface area (Å²) in [7, 11) is 0. The Labute approximate surface area is 129 Å². The number of thiophene rings is 1. The van der Waals surface area contributed by atoms with Crippen LogP contribution >= 0.6 is 11.3 Å². The molecule has 0 spiro atoms. The molecule has 0 aliphatic carbocycles. The molecule has 0 atom stereocenters. The highest BCUT2D eigenvalue weighted by Crippen LogP contribution is 2.29. The SMILES string of the molecule is CC(=O)c1cccc(N=Nc2c(-c3cccs3)[nH][nH]c2=O)c1. The van der Waals surface area contributed by atoms with Crippen LogP contribution in [0.15, 0.2) is 56.8 Å². The third-order valence-corrected chi connectivity index (χ3v) is 3.93. The van der Waals surface area contributed by atoms with Gasteiger partial charge in [-0.2, -0.15) is 5.11 Å². The molecule has 0 aliphatic rings. The van der Waals surface area contributed by atoms with Crippen LogP contribution in [0, 0.1) is 0 Å². The highest BCUT2D eigenvalue weighted by atomic mass is 32.1. The van der Waals surface area contributed by atoms with Crippen LogP contribution < -0.4 is 5.56 Å². The maximum atomic E-state index is 11.8. The number of hydrogen-bond acceptors (Lipinski definition) is 5. The minimum Gasteiger partial charge on any atom is -0.295 e. The van der Waals surface area contributed by atoms with Crippen molar-refractivity contribution in [2.75, 3.05) is 0 Å². The molecule has 0 unspecified atom stereocenters. The van der Waals surface area contributed by atoms with E-state index in [0.29, 0.717) is 16.9 Å². The number of aromatic nitrogens is 2. The molecule has 22 heavy (non-hydrogen) atoms. The average molecular weight is 312 g/mol. The highest BCUT2D eigenvalue weighted by Gasteiger charge is 2.12. The molecule has 0 radical (unpaired) electrons. The molecule has 0 bridgehead atoms. The lowest BCUT2D eigenvalue weighted by Crippen LogP contribution is -1.96. The minimum atomic E-state index is -0.338. The lowest BCUT2D eigenvalue weighted by Gasteiger charge is -1.97. The van der Waals surface area contributed by atoms with Crippen molar-refractivity contribution in [3.8, 4) is 10.6 Å². The number of carbonyl (C=O) groups excluding carboxylic acids is 1. The first-order chi connectivity index (χ1) is 10.6. The molecule has 0 amide bonds. The van der Waals surface area contributed by atoms with Crippen LogP contribution in [0.2, 0.25) is 0 Å². The van der Waals surface area contributed by atoms with Gasteiger partial charge in [-0.3, -0.25) is 19.8 Å². The number of nitrogens with zero attached hydrogens (tertiary/aromatic N) is 2. The first-order valence-electron chi connectivity index (χ1n) is 6.52. The number of carbonyl (C=O) groups is 1. The lowest BCUT2D eigenvalue weighted by atomic mass is 10.1. The number of azo groups is 1. The van der Waals surface area contributed by atoms with Gasteiger partial charge in [0.15, 0.2) is 11.5 Å². The van der Waals surface area contributed by atoms with Gasteiger partial charge in [0.1, 0.15) is 5.69 Å². The van der Waals surface area contributed by atoms with Gasteiger partial charge in [0.05, 0.1) is 10.6 Å². The van der Waals surface area contributed by atoms with Gasteiger partial charge >= 0.3 is 0 Å². The summed E-state index contributed by atoms with van der Waals surface area (Å²) in [5.74, 6) is -0.0455. The third-order valence-electron chi connectivity index (χ3n) is 3.04. The van der Waals surface area contributed by atoms with Gasteiger partial charge < -0.3 is 0 Å². The van der Waals surface area contributed by atoms with Gasteiger partial charge in [-0.15, -0.1) is 16.5 Å². The molecule has 2 heterocycles. The monoisotopic (exact) mass is 312 g/mol. The van der Waals surface area contributed by atoms with E-state index < -0.39 is 0 Å². The van der Waals surface area contributed by atoms with Crippen LogP contribution in [-0.4, -0.2) is 16.0 Å². The van der Waals surface area contributed by atoms with E-state index in [9.17, 15) is 9.59 Å². The first-order valence-corrected chi connectivity index (χ1v) is 7.40. The van der Waals surface area contributed by atoms with Crippen molar-refractivity contribution in [2.24, 2.45) is 10.2 Å². The average Bonchev–Trinajstić information content (AvgIpc) is 3.15. The van der Waals surface area contributed by atoms with Crippen molar-refractivity contribution in [1.82, 2.24) is 10.2 Å². The summed E-state index contributed by atoms with van der Waals surface area (Å²) >= 11 is 1.50. The number of Topliss-reactive ketones (excluding diaryl/α,β-unsaturated/α-hetero) is 1. The Bertz CT molecular complexity index is 890. The summed E-state index contributed by atoms with van der Waals surface area (Å²) in [4.78, 5) is 24.1. The molecular weight excluding hydrogens is 300 g/mol. The molecule has 6 nitrogen and oxygen atoms in total. The topological polar surface area (TPSA) is 90.4 Å². The molecule has 7 heteroatoms. The minimum absolute atomic E-state index is 0.0455. The van der Waals surface area contributed by atoms with E-state index in [0.717, 1.165) is 4.88 Å². The molecule has 2 aromatic heterocycles. The normalized spacial score (nSPS) is 11.1. The zero-order valence-electron chi connectivity index (χ0n) is 11.7. The fourth-order valence-corrected chi connectivity index (χ4v) is 2.67. The maximum absolute atomic E-state index is 11.8. The number of ketones is 1. The van der Waals surface area contributed by atoms with E-state index >= 15 is 0 Å². The molecule has 2 N–H and O–H groups in total. The third kappa shape index (κ3) is 2.79. The number of benzene rings is 1. The Hall–Kier alpha value is -2.80. The van der Waals surface area contributed by atoms with Crippen molar-refractivity contribution in [3.63, 3.8) is 0 Å². The predicted octanol–water partition coefficient (Wildman–Crippen LogP) is 4.05. The van der Waals surface area contributed by atoms with Crippen LogP contribution in [0.1, 0.15) is 17.3 Å². The van der Waals surface area contributed by atoms with Crippen molar-refractivity contribution in [3.05, 3.63) is 57.7 Å². The largest absolute Gasteiger partial charge is 0.295 e. The second kappa shape index (κ2) is 5.90. The van der Waals surface area contributed by atoms with Gasteiger partial charge in [0.25, 0.3) is 5.56 Å². The smallest absolute Gasteiger partial charge is 0.292 e. The standard InChI is InChI=1S/C15H12N4O2S/c1-9(20)10-4-2-5-11(8-10)16-18-14-13(17-19-15(14)21)12-6-3-7-22-12/h2-8H,1H3,(H2,17,19,21). The first kappa shape index (κ1) is 14.2. The van der Waals surface area contributed by atoms with Crippen LogP contribution in [0.3, 0.4) is 0 Å². The summed E-state index contributed by atoms with van der Waals surface area (Å²) in [6, 6.07) is 10.6. The summed E-state index contributed by atoms with van der Waals surface area (Å²) in [5, 5.41) is 15.3. The molecular formula is C15H12N4O2S. The van der Waals surface area contributed by atoms with Crippen molar-refractivity contribution in [1.29, 1.82) is 0 Å². The van der Waals surface area contributed by atoms with Crippen LogP contribution in [0.25, 0.3) is 10.6 Å². The molecule has 3 aromatic rings. The number of H-pyrrole nitrogens is 2. The van der Waals surface area contributed by atoms with Crippen LogP contribution in [0.4, 0.5) is 11.4 Å². The number of hydrogen-bond donors (Lipinski definition) is 2. The number of aromatic amines is 2. The summed E-state index contributed by atoms with van der Waals surface area (Å²) in [5.41, 5.74) is 1.56. The molecule has 3 rings (SSSR count). The van der Waals surface area contributed by atoms with Crippen LogP contribution in [0.5, 0.6) is 0 Å². The van der Waals surface area contributed by atoms with Gasteiger partial charge in [-0.05, 0) is 30.5 Å². The van der Waals surface area contributed by atoms with E-state index in [1.807, 2.05) is 17.5 Å². The second-order valence-electron chi connectivity index (χ2n) is 4.59. The van der Waals surface area contributed by atoms with Crippen molar-refractivity contribution >= 4 is 28.5 Å². The number of rotatable bonds is 4. The Morgan fingerprint density at radius 1 is 1.14 bits per heavy atom. The summed E-state index contributed by atoms with van der Waals surface area (Å²) in [6.45, 7) is 1.49. The van der Waals surface area contributed by atoms with Gasteiger partial charge in [-0.25, -0.2) is 0 Å². The Morgan fingerprint density at radius 3 is 2.73 bits per heavy atom. The molecule has 110 valence electrons. The van der Waals surface area contributed by atoms with E-state index in [2.05, 4.69) is 20.4 Å². The van der Waals surface area contributed by atoms with E-state index in [1.165, 1.54) is 18.3 Å². The summed E-state index contributed by atoms with van der Waals surface area (Å²) < 4.78 is 0. The molecule has 0 fully saturated rings. The van der Waals surface area contributed by atoms with Gasteiger partial charge in [0.2, 0.25) is 0 Å². The van der Waals surface area contributed by atoms with Crippen molar-refractivity contribution < 1.29 is 4.79 Å². The summed E-state index contributed by atoms with van der Waals surface area (Å²) in [6.07, 6.45) is 0. The molecule has 1 aromatic carbocycles.